The van der Waals surface area contributed by atoms with E-state index in [1.54, 1.807) is 18.2 Å². The number of carboxylic acids is 1. The maximum atomic E-state index is 15.0. The number of nitrogen functional groups attached to an aromatic ring is 1. The molecule has 0 amide bonds. The van der Waals surface area contributed by atoms with E-state index in [1.807, 2.05) is 0 Å². The first-order valence-electron chi connectivity index (χ1n) is 11.4. The van der Waals surface area contributed by atoms with Gasteiger partial charge in [0.25, 0.3) is 0 Å². The highest BCUT2D eigenvalue weighted by Crippen LogP contribution is 2.51. The van der Waals surface area contributed by atoms with Crippen LogP contribution in [-0.2, 0) is 13.9 Å². The third kappa shape index (κ3) is 5.45. The Morgan fingerprint density at radius 2 is 2.06 bits per heavy atom. The van der Waals surface area contributed by atoms with Gasteiger partial charge in [-0.05, 0) is 43.9 Å². The summed E-state index contributed by atoms with van der Waals surface area (Å²) < 4.78 is 41.1. The number of para-hydroxylation sites is 1. The topological polar surface area (TPSA) is 166 Å². The van der Waals surface area contributed by atoms with Crippen molar-refractivity contribution in [1.29, 1.82) is 0 Å². The van der Waals surface area contributed by atoms with Crippen molar-refractivity contribution in [3.63, 3.8) is 0 Å². The highest BCUT2D eigenvalue weighted by Gasteiger charge is 2.51. The number of thioether (sulfide) groups is 1. The molecule has 1 aromatic heterocycles. The molecule has 0 radical (unpaired) electrons. The van der Waals surface area contributed by atoms with E-state index in [2.05, 4.69) is 10.1 Å². The standard InChI is InChI=1S/C22H28FN4O7PS/c1-22(20(29)30,13-6-5-7-13)26-35(32,34-14-8-3-2-4-9-14)33-12-15-18(28)17(23)19(36-15)27-11-10-16(24)25-21(27)31/h2-4,8-11,13,15,17-19,28H,5-7,12H2,1H3,(H,26,32)(H,29,30)(H2,24,25,31)/t15-,17+,18-,19-,22+,35?/m1/s1. The lowest BCUT2D eigenvalue weighted by atomic mass is 9.72. The summed E-state index contributed by atoms with van der Waals surface area (Å²) in [6.45, 7) is 0.980. The average molecular weight is 543 g/mol. The summed E-state index contributed by atoms with van der Waals surface area (Å²) in [7, 11) is -4.33. The maximum absolute atomic E-state index is 15.0. The van der Waals surface area contributed by atoms with Crippen molar-refractivity contribution >= 4 is 31.3 Å². The van der Waals surface area contributed by atoms with Gasteiger partial charge in [0.2, 0.25) is 0 Å². The fourth-order valence-electron chi connectivity index (χ4n) is 4.14. The molecule has 14 heteroatoms. The van der Waals surface area contributed by atoms with Crippen molar-refractivity contribution in [2.75, 3.05) is 12.3 Å². The van der Waals surface area contributed by atoms with Crippen LogP contribution in [0.2, 0.25) is 0 Å². The Bertz CT molecular complexity index is 1200. The lowest BCUT2D eigenvalue weighted by Gasteiger charge is -2.41. The monoisotopic (exact) mass is 542 g/mol. The fraction of sp³-hybridized carbons (Fsp3) is 0.500. The molecule has 1 aromatic carbocycles. The number of carbonyl (C=O) groups is 1. The largest absolute Gasteiger partial charge is 0.480 e. The van der Waals surface area contributed by atoms with E-state index in [0.29, 0.717) is 12.8 Å². The minimum atomic E-state index is -4.33. The van der Waals surface area contributed by atoms with Crippen LogP contribution in [0.15, 0.2) is 47.4 Å². The number of anilines is 1. The lowest BCUT2D eigenvalue weighted by molar-refractivity contribution is -0.147. The van der Waals surface area contributed by atoms with Crippen molar-refractivity contribution in [2.45, 2.75) is 54.6 Å². The minimum absolute atomic E-state index is 0.0203. The summed E-state index contributed by atoms with van der Waals surface area (Å²) in [5.74, 6) is -1.34. The van der Waals surface area contributed by atoms with E-state index in [4.69, 9.17) is 14.8 Å². The van der Waals surface area contributed by atoms with Gasteiger partial charge in [0, 0.05) is 6.20 Å². The molecule has 5 N–H and O–H groups in total. The first-order valence-corrected chi connectivity index (χ1v) is 13.9. The zero-order valence-electron chi connectivity index (χ0n) is 19.4. The molecule has 1 aliphatic heterocycles. The number of nitrogens with one attached hydrogen (secondary N) is 1. The number of halogens is 1. The Morgan fingerprint density at radius 1 is 1.36 bits per heavy atom. The third-order valence-electron chi connectivity index (χ3n) is 6.53. The van der Waals surface area contributed by atoms with Gasteiger partial charge >= 0.3 is 19.4 Å². The molecule has 4 rings (SSSR count). The van der Waals surface area contributed by atoms with Gasteiger partial charge in [-0.15, -0.1) is 11.8 Å². The van der Waals surface area contributed by atoms with Gasteiger partial charge in [-0.2, -0.15) is 10.1 Å². The van der Waals surface area contributed by atoms with Crippen LogP contribution in [0.3, 0.4) is 0 Å². The Labute approximate surface area is 210 Å². The molecular formula is C22H28FN4O7PS. The van der Waals surface area contributed by atoms with E-state index in [0.717, 1.165) is 22.7 Å². The van der Waals surface area contributed by atoms with Gasteiger partial charge in [0.05, 0.1) is 11.9 Å². The predicted molar refractivity (Wildman–Crippen MR) is 131 cm³/mol. The molecule has 0 spiro atoms. The second-order valence-electron chi connectivity index (χ2n) is 8.99. The summed E-state index contributed by atoms with van der Waals surface area (Å²) in [4.78, 5) is 27.9. The summed E-state index contributed by atoms with van der Waals surface area (Å²) >= 11 is 0.905. The van der Waals surface area contributed by atoms with Crippen LogP contribution >= 0.6 is 19.5 Å². The van der Waals surface area contributed by atoms with Crippen LogP contribution in [0, 0.1) is 5.92 Å². The fourth-order valence-corrected chi connectivity index (χ4v) is 7.43. The van der Waals surface area contributed by atoms with Crippen LogP contribution in [-0.4, -0.2) is 55.4 Å². The second-order valence-corrected chi connectivity index (χ2v) is 12.0. The van der Waals surface area contributed by atoms with Gasteiger partial charge < -0.3 is 20.5 Å². The number of hydrogen-bond acceptors (Lipinski definition) is 9. The molecule has 1 aliphatic carbocycles. The smallest absolute Gasteiger partial charge is 0.459 e. The number of nitrogens with zero attached hydrogens (tertiary/aromatic N) is 2. The SMILES string of the molecule is C[C@@](NP(=O)(OC[C@H]1S[C@@H](n2ccc(N)nc2=O)[C@@H](F)[C@@H]1O)Oc1ccccc1)(C(=O)O)C1CCC1. The number of aliphatic carboxylic acids is 1. The molecule has 2 aliphatic rings. The van der Waals surface area contributed by atoms with Gasteiger partial charge in [0.1, 0.15) is 28.6 Å². The molecule has 2 aromatic rings. The van der Waals surface area contributed by atoms with E-state index in [1.165, 1.54) is 31.3 Å². The summed E-state index contributed by atoms with van der Waals surface area (Å²) in [5.41, 5.74) is 3.12. The summed E-state index contributed by atoms with van der Waals surface area (Å²) in [5, 5.41) is 21.0. The molecule has 1 saturated heterocycles. The van der Waals surface area contributed by atoms with E-state index in [9.17, 15) is 28.8 Å². The molecular weight excluding hydrogens is 514 g/mol. The average Bonchev–Trinajstić information content (AvgIpc) is 3.05. The number of aliphatic hydroxyl groups is 1. The molecule has 6 atom stereocenters. The Balaban J connectivity index is 1.54. The summed E-state index contributed by atoms with van der Waals surface area (Å²) in [6.07, 6.45) is -0.0154. The first kappa shape index (κ1) is 26.6. The highest BCUT2D eigenvalue weighted by atomic mass is 32.2. The Kier molecular flexibility index (Phi) is 7.77. The number of alkyl halides is 1. The number of rotatable bonds is 10. The molecule has 11 nitrogen and oxygen atoms in total. The number of benzene rings is 1. The molecule has 1 unspecified atom stereocenters. The normalized spacial score (nSPS) is 27.5. The number of aromatic nitrogens is 2. The minimum Gasteiger partial charge on any atom is -0.480 e. The van der Waals surface area contributed by atoms with Gasteiger partial charge in [-0.3, -0.25) is 13.9 Å². The van der Waals surface area contributed by atoms with Crippen LogP contribution in [0.1, 0.15) is 31.6 Å². The van der Waals surface area contributed by atoms with Crippen molar-refractivity contribution in [2.24, 2.45) is 5.92 Å². The number of nitrogens with two attached hydrogens (primary N) is 1. The second kappa shape index (κ2) is 10.5. The number of hydrogen-bond donors (Lipinski definition) is 4. The van der Waals surface area contributed by atoms with Crippen molar-refractivity contribution in [3.05, 3.63) is 53.1 Å². The predicted octanol–water partition coefficient (Wildman–Crippen LogP) is 2.58. The van der Waals surface area contributed by atoms with Crippen molar-refractivity contribution < 1.29 is 33.0 Å². The van der Waals surface area contributed by atoms with Crippen LogP contribution in [0.4, 0.5) is 10.2 Å². The third-order valence-corrected chi connectivity index (χ3v) is 9.74. The van der Waals surface area contributed by atoms with Gasteiger partial charge in [-0.25, -0.2) is 13.8 Å². The molecule has 196 valence electrons. The maximum Gasteiger partial charge on any atom is 0.459 e. The quantitative estimate of drug-likeness (QED) is 0.326. The van der Waals surface area contributed by atoms with Crippen molar-refractivity contribution in [3.8, 4) is 5.75 Å². The highest BCUT2D eigenvalue weighted by molar-refractivity contribution is 8.00. The lowest BCUT2D eigenvalue weighted by Crippen LogP contribution is -2.56. The zero-order chi connectivity index (χ0) is 26.1. The zero-order valence-corrected chi connectivity index (χ0v) is 21.1. The Morgan fingerprint density at radius 3 is 2.64 bits per heavy atom. The molecule has 2 fully saturated rings. The van der Waals surface area contributed by atoms with Gasteiger partial charge in [0.15, 0.2) is 6.17 Å². The van der Waals surface area contributed by atoms with E-state index in [-0.39, 0.29) is 17.5 Å². The van der Waals surface area contributed by atoms with E-state index >= 15 is 0 Å². The molecule has 1 saturated carbocycles. The van der Waals surface area contributed by atoms with E-state index < -0.39 is 54.5 Å². The summed E-state index contributed by atoms with van der Waals surface area (Å²) in [6, 6.07) is 9.43. The molecule has 2 heterocycles. The van der Waals surface area contributed by atoms with Crippen LogP contribution in [0.25, 0.3) is 0 Å². The first-order chi connectivity index (χ1) is 17.0. The van der Waals surface area contributed by atoms with Crippen LogP contribution < -0.4 is 21.0 Å². The number of aliphatic hydroxyl groups excluding tert-OH is 1. The van der Waals surface area contributed by atoms with Gasteiger partial charge in [-0.1, -0.05) is 24.6 Å². The molecule has 36 heavy (non-hydrogen) atoms. The van der Waals surface area contributed by atoms with Crippen molar-refractivity contribution in [1.82, 2.24) is 14.6 Å². The molecule has 0 bridgehead atoms. The number of carboxylic acid groups (broad SMARTS) is 1. The van der Waals surface area contributed by atoms with Crippen LogP contribution in [0.5, 0.6) is 5.75 Å². The Hall–Kier alpha value is -2.44.